The van der Waals surface area contributed by atoms with E-state index in [0.29, 0.717) is 12.0 Å². The van der Waals surface area contributed by atoms with Crippen LogP contribution in [-0.2, 0) is 6.42 Å². The number of aryl methyl sites for hydroxylation is 2. The maximum Gasteiger partial charge on any atom is 0.00703 e. The zero-order valence-corrected chi connectivity index (χ0v) is 9.79. The van der Waals surface area contributed by atoms with Gasteiger partial charge in [-0.15, -0.1) is 0 Å². The molecule has 0 aromatic heterocycles. The molecule has 0 heterocycles. The second-order valence-electron chi connectivity index (χ2n) is 4.98. The number of hydrogen-bond acceptors (Lipinski definition) is 1. The molecule has 2 atom stereocenters. The summed E-state index contributed by atoms with van der Waals surface area (Å²) in [5.74, 6) is 0.715. The van der Waals surface area contributed by atoms with Crippen LogP contribution in [0.3, 0.4) is 0 Å². The summed E-state index contributed by atoms with van der Waals surface area (Å²) < 4.78 is 0. The van der Waals surface area contributed by atoms with Crippen LogP contribution in [0, 0.1) is 19.8 Å². The fourth-order valence-corrected chi connectivity index (χ4v) is 2.55. The predicted octanol–water partition coefficient (Wildman–Crippen LogP) is 2.97. The summed E-state index contributed by atoms with van der Waals surface area (Å²) in [6, 6.07) is 7.24. The van der Waals surface area contributed by atoms with Crippen molar-refractivity contribution in [3.8, 4) is 0 Å². The number of hydrogen-bond donors (Lipinski definition) is 1. The zero-order chi connectivity index (χ0) is 10.8. The monoisotopic (exact) mass is 203 g/mol. The van der Waals surface area contributed by atoms with Gasteiger partial charge in [0.1, 0.15) is 0 Å². The van der Waals surface area contributed by atoms with E-state index >= 15 is 0 Å². The Morgan fingerprint density at radius 3 is 2.60 bits per heavy atom. The van der Waals surface area contributed by atoms with Crippen molar-refractivity contribution in [1.29, 1.82) is 0 Å². The smallest absolute Gasteiger partial charge is 0.00703 e. The first kappa shape index (κ1) is 10.7. The highest BCUT2D eigenvalue weighted by molar-refractivity contribution is 5.30. The van der Waals surface area contributed by atoms with E-state index in [0.717, 1.165) is 0 Å². The van der Waals surface area contributed by atoms with Gasteiger partial charge in [-0.1, -0.05) is 24.6 Å². The molecule has 15 heavy (non-hydrogen) atoms. The molecule has 1 fully saturated rings. The van der Waals surface area contributed by atoms with E-state index in [1.807, 2.05) is 0 Å². The molecule has 2 unspecified atom stereocenters. The largest absolute Gasteiger partial charge is 0.327 e. The van der Waals surface area contributed by atoms with Crippen molar-refractivity contribution in [3.05, 3.63) is 34.9 Å². The quantitative estimate of drug-likeness (QED) is 0.785. The molecule has 1 aromatic carbocycles. The Kier molecular flexibility index (Phi) is 3.11. The van der Waals surface area contributed by atoms with Crippen molar-refractivity contribution in [2.75, 3.05) is 0 Å². The molecule has 1 aromatic rings. The third-order valence-electron chi connectivity index (χ3n) is 3.79. The molecule has 1 aliphatic carbocycles. The third kappa shape index (κ3) is 2.40. The summed E-state index contributed by atoms with van der Waals surface area (Å²) in [4.78, 5) is 0. The highest BCUT2D eigenvalue weighted by Crippen LogP contribution is 2.27. The molecular formula is C14H21N. The lowest BCUT2D eigenvalue weighted by molar-refractivity contribution is 0.478. The normalized spacial score (nSPS) is 25.8. The fraction of sp³-hybridized carbons (Fsp3) is 0.571. The fourth-order valence-electron chi connectivity index (χ4n) is 2.55. The maximum absolute atomic E-state index is 6.09. The van der Waals surface area contributed by atoms with Crippen molar-refractivity contribution in [1.82, 2.24) is 0 Å². The van der Waals surface area contributed by atoms with Crippen LogP contribution in [0.5, 0.6) is 0 Å². The topological polar surface area (TPSA) is 26.0 Å². The number of benzene rings is 1. The van der Waals surface area contributed by atoms with E-state index in [2.05, 4.69) is 32.0 Å². The van der Waals surface area contributed by atoms with Gasteiger partial charge in [0.25, 0.3) is 0 Å². The van der Waals surface area contributed by atoms with Crippen LogP contribution in [-0.4, -0.2) is 6.04 Å². The van der Waals surface area contributed by atoms with Crippen LogP contribution in [0.25, 0.3) is 0 Å². The Bertz CT molecular complexity index is 343. The van der Waals surface area contributed by atoms with E-state index in [4.69, 9.17) is 5.73 Å². The first-order chi connectivity index (χ1) is 7.16. The van der Waals surface area contributed by atoms with Gasteiger partial charge in [-0.25, -0.2) is 0 Å². The number of rotatable bonds is 2. The molecular weight excluding hydrogens is 182 g/mol. The summed E-state index contributed by atoms with van der Waals surface area (Å²) in [6.45, 7) is 4.35. The second-order valence-corrected chi connectivity index (χ2v) is 4.98. The van der Waals surface area contributed by atoms with E-state index in [9.17, 15) is 0 Å². The average molecular weight is 203 g/mol. The summed E-state index contributed by atoms with van der Waals surface area (Å²) in [5, 5.41) is 0. The summed E-state index contributed by atoms with van der Waals surface area (Å²) in [6.07, 6.45) is 5.02. The molecule has 0 saturated heterocycles. The van der Waals surface area contributed by atoms with Gasteiger partial charge in [0.15, 0.2) is 0 Å². The molecule has 82 valence electrons. The molecule has 1 heteroatoms. The molecule has 1 nitrogen and oxygen atoms in total. The van der Waals surface area contributed by atoms with Gasteiger partial charge in [-0.05, 0) is 55.7 Å². The van der Waals surface area contributed by atoms with Crippen LogP contribution in [0.1, 0.15) is 36.0 Å². The minimum atomic E-state index is 0.437. The van der Waals surface area contributed by atoms with Gasteiger partial charge in [0.2, 0.25) is 0 Å². The summed E-state index contributed by atoms with van der Waals surface area (Å²) in [7, 11) is 0. The Balaban J connectivity index is 2.07. The van der Waals surface area contributed by atoms with Crippen LogP contribution in [0.4, 0.5) is 0 Å². The van der Waals surface area contributed by atoms with E-state index in [1.54, 1.807) is 0 Å². The summed E-state index contributed by atoms with van der Waals surface area (Å²) >= 11 is 0. The van der Waals surface area contributed by atoms with E-state index in [-0.39, 0.29) is 0 Å². The maximum atomic E-state index is 6.09. The first-order valence-corrected chi connectivity index (χ1v) is 5.98. The Morgan fingerprint density at radius 1 is 1.20 bits per heavy atom. The predicted molar refractivity (Wildman–Crippen MR) is 64.9 cm³/mol. The second kappa shape index (κ2) is 4.36. The lowest BCUT2D eigenvalue weighted by Gasteiger charge is -2.15. The third-order valence-corrected chi connectivity index (χ3v) is 3.79. The minimum absolute atomic E-state index is 0.437. The Hall–Kier alpha value is -0.820. The molecule has 2 N–H and O–H groups in total. The highest BCUT2D eigenvalue weighted by atomic mass is 14.7. The van der Waals surface area contributed by atoms with Gasteiger partial charge in [0.05, 0.1) is 0 Å². The summed E-state index contributed by atoms with van der Waals surface area (Å²) in [5.41, 5.74) is 10.3. The molecule has 0 bridgehead atoms. The molecule has 0 aliphatic heterocycles. The van der Waals surface area contributed by atoms with Crippen LogP contribution < -0.4 is 5.73 Å². The van der Waals surface area contributed by atoms with E-state index < -0.39 is 0 Å². The molecule has 0 radical (unpaired) electrons. The molecule has 2 rings (SSSR count). The molecule has 1 saturated carbocycles. The van der Waals surface area contributed by atoms with Gasteiger partial charge in [-0.2, -0.15) is 0 Å². The lowest BCUT2D eigenvalue weighted by Crippen LogP contribution is -2.25. The first-order valence-electron chi connectivity index (χ1n) is 5.98. The van der Waals surface area contributed by atoms with Gasteiger partial charge in [-0.3, -0.25) is 0 Å². The standard InChI is InChI=1S/C14H21N/c1-10-6-7-12(8-11(10)2)9-13-4-3-5-14(13)15/h6-8,13-14H,3-5,9,15H2,1-2H3. The van der Waals surface area contributed by atoms with Crippen LogP contribution in [0.15, 0.2) is 18.2 Å². The lowest BCUT2D eigenvalue weighted by atomic mass is 9.93. The SMILES string of the molecule is Cc1ccc(CC2CCCC2N)cc1C. The average Bonchev–Trinajstić information content (AvgIpc) is 2.59. The van der Waals surface area contributed by atoms with Crippen molar-refractivity contribution in [2.24, 2.45) is 11.7 Å². The van der Waals surface area contributed by atoms with Crippen molar-refractivity contribution < 1.29 is 0 Å². The van der Waals surface area contributed by atoms with Crippen molar-refractivity contribution >= 4 is 0 Å². The Labute approximate surface area is 92.7 Å². The van der Waals surface area contributed by atoms with E-state index in [1.165, 1.54) is 42.4 Å². The van der Waals surface area contributed by atoms with Crippen molar-refractivity contribution in [2.45, 2.75) is 45.6 Å². The molecule has 0 spiro atoms. The molecule has 0 amide bonds. The highest BCUT2D eigenvalue weighted by Gasteiger charge is 2.23. The van der Waals surface area contributed by atoms with Gasteiger partial charge >= 0.3 is 0 Å². The van der Waals surface area contributed by atoms with Gasteiger partial charge < -0.3 is 5.73 Å². The number of nitrogens with two attached hydrogens (primary N) is 1. The minimum Gasteiger partial charge on any atom is -0.327 e. The molecule has 1 aliphatic rings. The van der Waals surface area contributed by atoms with Gasteiger partial charge in [0, 0.05) is 6.04 Å². The van der Waals surface area contributed by atoms with Crippen LogP contribution in [0.2, 0.25) is 0 Å². The Morgan fingerprint density at radius 2 is 2.00 bits per heavy atom. The zero-order valence-electron chi connectivity index (χ0n) is 9.79. The van der Waals surface area contributed by atoms with Crippen LogP contribution >= 0.6 is 0 Å². The van der Waals surface area contributed by atoms with Crippen molar-refractivity contribution in [3.63, 3.8) is 0 Å².